The number of para-hydroxylation sites is 1. The SMILES string of the molecule is Cc1cccc(C)c1NC(=O)[C@H](C)Oc1cccc(Br)c1. The Labute approximate surface area is 133 Å². The summed E-state index contributed by atoms with van der Waals surface area (Å²) in [6.07, 6.45) is -0.571. The van der Waals surface area contributed by atoms with E-state index in [0.29, 0.717) is 5.75 Å². The van der Waals surface area contributed by atoms with E-state index in [2.05, 4.69) is 21.2 Å². The van der Waals surface area contributed by atoms with Crippen molar-refractivity contribution in [3.63, 3.8) is 0 Å². The second kappa shape index (κ2) is 6.76. The molecular formula is C17H18BrNO2. The van der Waals surface area contributed by atoms with Crippen LogP contribution in [0.5, 0.6) is 5.75 Å². The Morgan fingerprint density at radius 2 is 1.76 bits per heavy atom. The van der Waals surface area contributed by atoms with E-state index in [4.69, 9.17) is 4.74 Å². The van der Waals surface area contributed by atoms with Gasteiger partial charge in [-0.15, -0.1) is 0 Å². The number of halogens is 1. The van der Waals surface area contributed by atoms with Gasteiger partial charge in [-0.2, -0.15) is 0 Å². The molecule has 0 fully saturated rings. The molecule has 1 N–H and O–H groups in total. The van der Waals surface area contributed by atoms with Crippen LogP contribution in [0, 0.1) is 13.8 Å². The molecule has 0 aliphatic heterocycles. The number of hydrogen-bond donors (Lipinski definition) is 1. The van der Waals surface area contributed by atoms with Crippen LogP contribution in [0.1, 0.15) is 18.1 Å². The molecule has 0 saturated heterocycles. The number of amides is 1. The van der Waals surface area contributed by atoms with Gasteiger partial charge in [0.25, 0.3) is 5.91 Å². The molecule has 1 amide bonds. The summed E-state index contributed by atoms with van der Waals surface area (Å²) < 4.78 is 6.59. The number of benzene rings is 2. The number of rotatable bonds is 4. The molecule has 21 heavy (non-hydrogen) atoms. The lowest BCUT2D eigenvalue weighted by Gasteiger charge is -2.17. The average molecular weight is 348 g/mol. The van der Waals surface area contributed by atoms with Gasteiger partial charge in [-0.3, -0.25) is 4.79 Å². The van der Waals surface area contributed by atoms with Crippen LogP contribution in [0.4, 0.5) is 5.69 Å². The van der Waals surface area contributed by atoms with Crippen LogP contribution in [-0.2, 0) is 4.79 Å². The summed E-state index contributed by atoms with van der Waals surface area (Å²) in [5, 5.41) is 2.94. The summed E-state index contributed by atoms with van der Waals surface area (Å²) >= 11 is 3.38. The number of nitrogens with one attached hydrogen (secondary N) is 1. The van der Waals surface area contributed by atoms with Crippen molar-refractivity contribution < 1.29 is 9.53 Å². The number of carbonyl (C=O) groups is 1. The fourth-order valence-electron chi connectivity index (χ4n) is 2.03. The molecule has 2 aromatic rings. The molecular weight excluding hydrogens is 330 g/mol. The monoisotopic (exact) mass is 347 g/mol. The molecule has 1 atom stereocenters. The molecule has 2 rings (SSSR count). The smallest absolute Gasteiger partial charge is 0.265 e. The zero-order valence-corrected chi connectivity index (χ0v) is 13.9. The molecule has 0 bridgehead atoms. The van der Waals surface area contributed by atoms with E-state index in [9.17, 15) is 4.79 Å². The molecule has 0 aromatic heterocycles. The maximum Gasteiger partial charge on any atom is 0.265 e. The van der Waals surface area contributed by atoms with Crippen LogP contribution in [-0.4, -0.2) is 12.0 Å². The molecule has 0 unspecified atom stereocenters. The summed E-state index contributed by atoms with van der Waals surface area (Å²) in [5.41, 5.74) is 2.93. The first kappa shape index (κ1) is 15.6. The van der Waals surface area contributed by atoms with E-state index >= 15 is 0 Å². The Balaban J connectivity index is 2.06. The predicted octanol–water partition coefficient (Wildman–Crippen LogP) is 4.47. The molecule has 0 aliphatic carbocycles. The van der Waals surface area contributed by atoms with Gasteiger partial charge in [0.2, 0.25) is 0 Å². The summed E-state index contributed by atoms with van der Waals surface area (Å²) in [6.45, 7) is 5.69. The zero-order chi connectivity index (χ0) is 15.4. The van der Waals surface area contributed by atoms with Crippen molar-refractivity contribution in [2.45, 2.75) is 26.9 Å². The van der Waals surface area contributed by atoms with E-state index in [1.807, 2.05) is 56.3 Å². The van der Waals surface area contributed by atoms with E-state index in [-0.39, 0.29) is 5.91 Å². The minimum atomic E-state index is -0.571. The first-order chi connectivity index (χ1) is 9.97. The maximum atomic E-state index is 12.3. The fraction of sp³-hybridized carbons (Fsp3) is 0.235. The van der Waals surface area contributed by atoms with Crippen molar-refractivity contribution >= 4 is 27.5 Å². The topological polar surface area (TPSA) is 38.3 Å². The van der Waals surface area contributed by atoms with Crippen LogP contribution in [0.25, 0.3) is 0 Å². The summed E-state index contributed by atoms with van der Waals surface area (Å²) in [4.78, 5) is 12.3. The Morgan fingerprint density at radius 3 is 2.38 bits per heavy atom. The highest BCUT2D eigenvalue weighted by Crippen LogP contribution is 2.21. The van der Waals surface area contributed by atoms with E-state index in [1.54, 1.807) is 6.92 Å². The van der Waals surface area contributed by atoms with Crippen molar-refractivity contribution in [1.29, 1.82) is 0 Å². The van der Waals surface area contributed by atoms with Gasteiger partial charge in [0, 0.05) is 10.2 Å². The highest BCUT2D eigenvalue weighted by Gasteiger charge is 2.16. The van der Waals surface area contributed by atoms with E-state index < -0.39 is 6.10 Å². The number of anilines is 1. The van der Waals surface area contributed by atoms with Crippen molar-refractivity contribution in [3.05, 3.63) is 58.1 Å². The van der Waals surface area contributed by atoms with Crippen molar-refractivity contribution in [2.24, 2.45) is 0 Å². The minimum absolute atomic E-state index is 0.160. The highest BCUT2D eigenvalue weighted by atomic mass is 79.9. The van der Waals surface area contributed by atoms with Gasteiger partial charge in [0.15, 0.2) is 6.10 Å². The largest absolute Gasteiger partial charge is 0.481 e. The van der Waals surface area contributed by atoms with Crippen LogP contribution < -0.4 is 10.1 Å². The summed E-state index contributed by atoms with van der Waals surface area (Å²) in [5.74, 6) is 0.501. The zero-order valence-electron chi connectivity index (χ0n) is 12.3. The Morgan fingerprint density at radius 1 is 1.14 bits per heavy atom. The normalized spacial score (nSPS) is 11.8. The van der Waals surface area contributed by atoms with Crippen LogP contribution in [0.15, 0.2) is 46.9 Å². The van der Waals surface area contributed by atoms with Gasteiger partial charge >= 0.3 is 0 Å². The highest BCUT2D eigenvalue weighted by molar-refractivity contribution is 9.10. The Bertz CT molecular complexity index is 635. The number of ether oxygens (including phenoxy) is 1. The molecule has 0 aliphatic rings. The fourth-order valence-corrected chi connectivity index (χ4v) is 2.41. The quantitative estimate of drug-likeness (QED) is 0.885. The first-order valence-corrected chi connectivity index (χ1v) is 7.56. The van der Waals surface area contributed by atoms with Gasteiger partial charge in [-0.1, -0.05) is 40.2 Å². The minimum Gasteiger partial charge on any atom is -0.481 e. The second-order valence-corrected chi connectivity index (χ2v) is 5.89. The van der Waals surface area contributed by atoms with Gasteiger partial charge < -0.3 is 10.1 Å². The maximum absolute atomic E-state index is 12.3. The third kappa shape index (κ3) is 4.08. The van der Waals surface area contributed by atoms with Crippen molar-refractivity contribution in [1.82, 2.24) is 0 Å². The third-order valence-corrected chi connectivity index (χ3v) is 3.70. The van der Waals surface area contributed by atoms with Crippen LogP contribution >= 0.6 is 15.9 Å². The Kier molecular flexibility index (Phi) is 5.02. The molecule has 0 saturated carbocycles. The van der Waals surface area contributed by atoms with Gasteiger partial charge in [-0.25, -0.2) is 0 Å². The van der Waals surface area contributed by atoms with E-state index in [1.165, 1.54) is 0 Å². The number of hydrogen-bond acceptors (Lipinski definition) is 2. The lowest BCUT2D eigenvalue weighted by atomic mass is 10.1. The molecule has 0 radical (unpaired) electrons. The molecule has 0 spiro atoms. The second-order valence-electron chi connectivity index (χ2n) is 4.97. The number of aryl methyl sites for hydroxylation is 2. The molecule has 3 nitrogen and oxygen atoms in total. The lowest BCUT2D eigenvalue weighted by molar-refractivity contribution is -0.122. The summed E-state index contributed by atoms with van der Waals surface area (Å²) in [7, 11) is 0. The molecule has 4 heteroatoms. The standard InChI is InChI=1S/C17H18BrNO2/c1-11-6-4-7-12(2)16(11)19-17(20)13(3)21-15-9-5-8-14(18)10-15/h4-10,13H,1-3H3,(H,19,20)/t13-/m0/s1. The molecule has 110 valence electrons. The first-order valence-electron chi connectivity index (χ1n) is 6.76. The third-order valence-electron chi connectivity index (χ3n) is 3.21. The summed E-state index contributed by atoms with van der Waals surface area (Å²) in [6, 6.07) is 13.4. The van der Waals surface area contributed by atoms with Crippen molar-refractivity contribution in [2.75, 3.05) is 5.32 Å². The Hall–Kier alpha value is -1.81. The number of carbonyl (C=O) groups excluding carboxylic acids is 1. The van der Waals surface area contributed by atoms with Gasteiger partial charge in [0.1, 0.15) is 5.75 Å². The van der Waals surface area contributed by atoms with Gasteiger partial charge in [-0.05, 0) is 50.1 Å². The lowest BCUT2D eigenvalue weighted by Crippen LogP contribution is -2.30. The van der Waals surface area contributed by atoms with Crippen molar-refractivity contribution in [3.8, 4) is 5.75 Å². The average Bonchev–Trinajstić information content (AvgIpc) is 2.43. The molecule has 2 aromatic carbocycles. The predicted molar refractivity (Wildman–Crippen MR) is 88.8 cm³/mol. The van der Waals surface area contributed by atoms with Crippen LogP contribution in [0.3, 0.4) is 0 Å². The van der Waals surface area contributed by atoms with Gasteiger partial charge in [0.05, 0.1) is 0 Å². The molecule has 0 heterocycles. The van der Waals surface area contributed by atoms with Crippen LogP contribution in [0.2, 0.25) is 0 Å². The van der Waals surface area contributed by atoms with E-state index in [0.717, 1.165) is 21.3 Å².